The summed E-state index contributed by atoms with van der Waals surface area (Å²) >= 11 is 0. The zero-order chi connectivity index (χ0) is 20.8. The lowest BCUT2D eigenvalue weighted by Crippen LogP contribution is -2.36. The van der Waals surface area contributed by atoms with Crippen LogP contribution in [0.4, 0.5) is 11.4 Å². The Hall–Kier alpha value is -3.11. The quantitative estimate of drug-likeness (QED) is 0.628. The molecule has 0 radical (unpaired) electrons. The fourth-order valence-electron chi connectivity index (χ4n) is 4.11. The van der Waals surface area contributed by atoms with Gasteiger partial charge in [-0.25, -0.2) is 0 Å². The highest BCUT2D eigenvalue weighted by atomic mass is 16.5. The molecule has 1 heterocycles. The lowest BCUT2D eigenvalue weighted by atomic mass is 9.90. The summed E-state index contributed by atoms with van der Waals surface area (Å²) in [5.74, 6) is -0.374. The van der Waals surface area contributed by atoms with Crippen LogP contribution in [-0.2, 0) is 9.53 Å². The van der Waals surface area contributed by atoms with Crippen LogP contribution in [-0.4, -0.2) is 32.2 Å². The number of carbonyl (C=O) groups excluding carboxylic acids is 1. The predicted molar refractivity (Wildman–Crippen MR) is 122 cm³/mol. The van der Waals surface area contributed by atoms with Crippen molar-refractivity contribution in [2.45, 2.75) is 24.9 Å². The van der Waals surface area contributed by atoms with Crippen LogP contribution < -0.4 is 10.2 Å². The molecule has 1 aliphatic heterocycles. The highest BCUT2D eigenvalue weighted by Gasteiger charge is 2.23. The SMILES string of the molecule is COC1CCN(c2ccc(NC(=O)C(c3ccccc3)c3ccccc3)cc2)CC1. The maximum Gasteiger partial charge on any atom is 0.236 e. The molecule has 0 atom stereocenters. The van der Waals surface area contributed by atoms with E-state index in [9.17, 15) is 4.79 Å². The van der Waals surface area contributed by atoms with Crippen LogP contribution in [0.1, 0.15) is 29.9 Å². The molecule has 0 saturated carbocycles. The summed E-state index contributed by atoms with van der Waals surface area (Å²) in [7, 11) is 1.79. The van der Waals surface area contributed by atoms with Gasteiger partial charge in [0.2, 0.25) is 5.91 Å². The topological polar surface area (TPSA) is 41.6 Å². The number of piperidine rings is 1. The van der Waals surface area contributed by atoms with Gasteiger partial charge in [-0.3, -0.25) is 4.79 Å². The smallest absolute Gasteiger partial charge is 0.236 e. The molecule has 1 aliphatic rings. The lowest BCUT2D eigenvalue weighted by Gasteiger charge is -2.33. The Bertz CT molecular complexity index is 894. The Kier molecular flexibility index (Phi) is 6.45. The maximum absolute atomic E-state index is 13.2. The molecule has 4 heteroatoms. The molecule has 0 bridgehead atoms. The van der Waals surface area contributed by atoms with E-state index in [4.69, 9.17) is 4.74 Å². The Morgan fingerprint density at radius 1 is 0.867 bits per heavy atom. The van der Waals surface area contributed by atoms with Crippen molar-refractivity contribution in [2.24, 2.45) is 0 Å². The van der Waals surface area contributed by atoms with Gasteiger partial charge in [0, 0.05) is 31.6 Å². The van der Waals surface area contributed by atoms with Crippen LogP contribution in [0.5, 0.6) is 0 Å². The number of rotatable bonds is 6. The van der Waals surface area contributed by atoms with Crippen molar-refractivity contribution < 1.29 is 9.53 Å². The fourth-order valence-corrected chi connectivity index (χ4v) is 4.11. The predicted octanol–water partition coefficient (Wildman–Crippen LogP) is 5.07. The number of ether oxygens (including phenoxy) is 1. The second-order valence-electron chi connectivity index (χ2n) is 7.71. The van der Waals surface area contributed by atoms with E-state index < -0.39 is 0 Å². The summed E-state index contributed by atoms with van der Waals surface area (Å²) in [6.45, 7) is 1.99. The second kappa shape index (κ2) is 9.59. The summed E-state index contributed by atoms with van der Waals surface area (Å²) in [5.41, 5.74) is 3.97. The van der Waals surface area contributed by atoms with Gasteiger partial charge in [-0.1, -0.05) is 60.7 Å². The zero-order valence-corrected chi connectivity index (χ0v) is 17.3. The molecule has 30 heavy (non-hydrogen) atoms. The maximum atomic E-state index is 13.2. The van der Waals surface area contributed by atoms with Crippen molar-refractivity contribution in [2.75, 3.05) is 30.4 Å². The van der Waals surface area contributed by atoms with Crippen molar-refractivity contribution in [1.82, 2.24) is 0 Å². The minimum absolute atomic E-state index is 0.0268. The van der Waals surface area contributed by atoms with Gasteiger partial charge in [0.15, 0.2) is 0 Å². The summed E-state index contributed by atoms with van der Waals surface area (Å²) in [5, 5.41) is 3.11. The monoisotopic (exact) mass is 400 g/mol. The summed E-state index contributed by atoms with van der Waals surface area (Å²) in [6.07, 6.45) is 2.46. The molecule has 1 saturated heterocycles. The zero-order valence-electron chi connectivity index (χ0n) is 17.3. The van der Waals surface area contributed by atoms with Gasteiger partial charge in [-0.05, 0) is 48.2 Å². The number of anilines is 2. The van der Waals surface area contributed by atoms with E-state index in [-0.39, 0.29) is 11.8 Å². The Labute approximate surface area is 178 Å². The Balaban J connectivity index is 1.48. The van der Waals surface area contributed by atoms with E-state index in [2.05, 4.69) is 22.3 Å². The molecule has 0 aromatic heterocycles. The first-order valence-corrected chi connectivity index (χ1v) is 10.5. The number of hydrogen-bond acceptors (Lipinski definition) is 3. The third-order valence-electron chi connectivity index (χ3n) is 5.80. The van der Waals surface area contributed by atoms with Crippen molar-refractivity contribution in [3.8, 4) is 0 Å². The van der Waals surface area contributed by atoms with Crippen LogP contribution in [0.15, 0.2) is 84.9 Å². The number of nitrogens with zero attached hydrogens (tertiary/aromatic N) is 1. The normalized spacial score (nSPS) is 14.7. The van der Waals surface area contributed by atoms with E-state index in [1.54, 1.807) is 7.11 Å². The van der Waals surface area contributed by atoms with Gasteiger partial charge in [0.25, 0.3) is 0 Å². The number of nitrogens with one attached hydrogen (secondary N) is 1. The van der Waals surface area contributed by atoms with Gasteiger partial charge in [0.05, 0.1) is 12.0 Å². The number of carbonyl (C=O) groups is 1. The number of benzene rings is 3. The van der Waals surface area contributed by atoms with Gasteiger partial charge in [-0.2, -0.15) is 0 Å². The molecular formula is C26H28N2O2. The molecule has 0 spiro atoms. The van der Waals surface area contributed by atoms with E-state index >= 15 is 0 Å². The minimum Gasteiger partial charge on any atom is -0.381 e. The first-order chi connectivity index (χ1) is 14.7. The average Bonchev–Trinajstić information content (AvgIpc) is 2.81. The molecule has 0 unspecified atom stereocenters. The number of amides is 1. The molecule has 1 N–H and O–H groups in total. The first-order valence-electron chi connectivity index (χ1n) is 10.5. The van der Waals surface area contributed by atoms with Crippen LogP contribution in [0.2, 0.25) is 0 Å². The lowest BCUT2D eigenvalue weighted by molar-refractivity contribution is -0.116. The molecule has 4 nitrogen and oxygen atoms in total. The van der Waals surface area contributed by atoms with E-state index in [0.717, 1.165) is 42.7 Å². The van der Waals surface area contributed by atoms with E-state index in [1.807, 2.05) is 72.8 Å². The summed E-state index contributed by atoms with van der Waals surface area (Å²) < 4.78 is 5.46. The highest BCUT2D eigenvalue weighted by Crippen LogP contribution is 2.27. The molecule has 0 aliphatic carbocycles. The van der Waals surface area contributed by atoms with Crippen LogP contribution in [0.3, 0.4) is 0 Å². The third-order valence-corrected chi connectivity index (χ3v) is 5.80. The highest BCUT2D eigenvalue weighted by molar-refractivity contribution is 5.98. The number of hydrogen-bond donors (Lipinski definition) is 1. The largest absolute Gasteiger partial charge is 0.381 e. The second-order valence-corrected chi connectivity index (χ2v) is 7.71. The van der Waals surface area contributed by atoms with Crippen LogP contribution in [0.25, 0.3) is 0 Å². The van der Waals surface area contributed by atoms with E-state index in [0.29, 0.717) is 6.10 Å². The third kappa shape index (κ3) is 4.71. The van der Waals surface area contributed by atoms with Crippen LogP contribution >= 0.6 is 0 Å². The first kappa shape index (κ1) is 20.2. The Morgan fingerprint density at radius 2 is 1.40 bits per heavy atom. The van der Waals surface area contributed by atoms with Crippen molar-refractivity contribution in [3.63, 3.8) is 0 Å². The number of methoxy groups -OCH3 is 1. The molecule has 4 rings (SSSR count). The van der Waals surface area contributed by atoms with Crippen molar-refractivity contribution in [3.05, 3.63) is 96.1 Å². The molecule has 3 aromatic carbocycles. The van der Waals surface area contributed by atoms with Crippen molar-refractivity contribution >= 4 is 17.3 Å². The van der Waals surface area contributed by atoms with Crippen molar-refractivity contribution in [1.29, 1.82) is 0 Å². The minimum atomic E-state index is -0.347. The Morgan fingerprint density at radius 3 is 1.90 bits per heavy atom. The molecule has 154 valence electrons. The van der Waals surface area contributed by atoms with Gasteiger partial charge in [-0.15, -0.1) is 0 Å². The fraction of sp³-hybridized carbons (Fsp3) is 0.269. The molecule has 1 fully saturated rings. The van der Waals surface area contributed by atoms with Crippen LogP contribution in [0, 0.1) is 0 Å². The molecule has 3 aromatic rings. The average molecular weight is 401 g/mol. The van der Waals surface area contributed by atoms with Gasteiger partial charge >= 0.3 is 0 Å². The summed E-state index contributed by atoms with van der Waals surface area (Å²) in [4.78, 5) is 15.6. The summed E-state index contributed by atoms with van der Waals surface area (Å²) in [6, 6.07) is 28.0. The standard InChI is InChI=1S/C26H28N2O2/c1-30-24-16-18-28(19-17-24)23-14-12-22(13-15-23)27-26(29)25(20-8-4-2-5-9-20)21-10-6-3-7-11-21/h2-15,24-25H,16-19H2,1H3,(H,27,29). The van der Waals surface area contributed by atoms with Gasteiger partial charge < -0.3 is 15.0 Å². The molecule has 1 amide bonds. The van der Waals surface area contributed by atoms with E-state index in [1.165, 1.54) is 5.69 Å². The molecular weight excluding hydrogens is 372 g/mol. The van der Waals surface area contributed by atoms with Gasteiger partial charge in [0.1, 0.15) is 0 Å².